The van der Waals surface area contributed by atoms with Crippen LogP contribution in [0.1, 0.15) is 5.56 Å². The number of nitrogens with zero attached hydrogens (tertiary/aromatic N) is 1. The Morgan fingerprint density at radius 1 is 0.933 bits per heavy atom. The zero-order chi connectivity index (χ0) is 10.3. The minimum Gasteiger partial charge on any atom is -0.256 e. The van der Waals surface area contributed by atoms with Crippen molar-refractivity contribution in [2.24, 2.45) is 0 Å². The third-order valence-corrected chi connectivity index (χ3v) is 2.75. The lowest BCUT2D eigenvalue weighted by Gasteiger charge is -2.03. The first-order valence-corrected chi connectivity index (χ1v) is 5.09. The summed E-state index contributed by atoms with van der Waals surface area (Å²) in [4.78, 5) is 4.45. The number of rotatable bonds is 0. The van der Waals surface area contributed by atoms with E-state index in [1.54, 1.807) is 0 Å². The van der Waals surface area contributed by atoms with Gasteiger partial charge in [-0.15, -0.1) is 0 Å². The monoisotopic (exact) mass is 193 g/mol. The molecule has 1 heteroatoms. The van der Waals surface area contributed by atoms with Crippen molar-refractivity contribution >= 4 is 21.7 Å². The molecule has 2 aromatic carbocycles. The molecule has 0 radical (unpaired) electrons. The SMILES string of the molecule is Cc1ccc2ncc3ccccc3c2c1. The van der Waals surface area contributed by atoms with Gasteiger partial charge in [-0.2, -0.15) is 0 Å². The van der Waals surface area contributed by atoms with Crippen molar-refractivity contribution in [2.45, 2.75) is 6.92 Å². The highest BCUT2D eigenvalue weighted by Crippen LogP contribution is 2.23. The molecule has 1 nitrogen and oxygen atoms in total. The van der Waals surface area contributed by atoms with Crippen LogP contribution in [0.25, 0.3) is 21.7 Å². The van der Waals surface area contributed by atoms with E-state index in [9.17, 15) is 0 Å². The summed E-state index contributed by atoms with van der Waals surface area (Å²) >= 11 is 0. The van der Waals surface area contributed by atoms with E-state index >= 15 is 0 Å². The fraction of sp³-hybridized carbons (Fsp3) is 0.0714. The van der Waals surface area contributed by atoms with E-state index in [4.69, 9.17) is 0 Å². The van der Waals surface area contributed by atoms with Crippen LogP contribution in [0, 0.1) is 6.92 Å². The van der Waals surface area contributed by atoms with Crippen LogP contribution >= 0.6 is 0 Å². The second-order valence-electron chi connectivity index (χ2n) is 3.87. The molecule has 15 heavy (non-hydrogen) atoms. The minimum atomic E-state index is 1.07. The number of hydrogen-bond acceptors (Lipinski definition) is 1. The first kappa shape index (κ1) is 8.42. The topological polar surface area (TPSA) is 12.9 Å². The van der Waals surface area contributed by atoms with Crippen LogP contribution in [0.3, 0.4) is 0 Å². The molecular formula is C14H11N. The molecule has 0 aliphatic rings. The van der Waals surface area contributed by atoms with Gasteiger partial charge in [-0.1, -0.05) is 35.9 Å². The van der Waals surface area contributed by atoms with Crippen molar-refractivity contribution < 1.29 is 0 Å². The van der Waals surface area contributed by atoms with E-state index < -0.39 is 0 Å². The van der Waals surface area contributed by atoms with Gasteiger partial charge in [0.25, 0.3) is 0 Å². The lowest BCUT2D eigenvalue weighted by molar-refractivity contribution is 1.42. The molecule has 0 saturated carbocycles. The minimum absolute atomic E-state index is 1.07. The van der Waals surface area contributed by atoms with E-state index in [2.05, 4.69) is 48.3 Å². The quantitative estimate of drug-likeness (QED) is 0.496. The van der Waals surface area contributed by atoms with Crippen LogP contribution in [0.15, 0.2) is 48.7 Å². The van der Waals surface area contributed by atoms with Gasteiger partial charge in [0.05, 0.1) is 5.52 Å². The predicted octanol–water partition coefficient (Wildman–Crippen LogP) is 3.70. The van der Waals surface area contributed by atoms with Crippen LogP contribution in [0.5, 0.6) is 0 Å². The molecule has 0 N–H and O–H groups in total. The molecule has 1 heterocycles. The van der Waals surface area contributed by atoms with Crippen molar-refractivity contribution in [1.82, 2.24) is 4.98 Å². The van der Waals surface area contributed by atoms with E-state index in [-0.39, 0.29) is 0 Å². The average Bonchev–Trinajstić information content (AvgIpc) is 2.29. The molecule has 0 fully saturated rings. The van der Waals surface area contributed by atoms with Gasteiger partial charge in [0.1, 0.15) is 0 Å². The number of pyridine rings is 1. The maximum absolute atomic E-state index is 4.45. The predicted molar refractivity (Wildman–Crippen MR) is 64.0 cm³/mol. The summed E-state index contributed by atoms with van der Waals surface area (Å²) in [6.07, 6.45) is 1.94. The highest BCUT2D eigenvalue weighted by Gasteiger charge is 2.00. The maximum atomic E-state index is 4.45. The molecule has 3 rings (SSSR count). The fourth-order valence-corrected chi connectivity index (χ4v) is 1.97. The van der Waals surface area contributed by atoms with E-state index in [1.165, 1.54) is 21.7 Å². The third-order valence-electron chi connectivity index (χ3n) is 2.75. The lowest BCUT2D eigenvalue weighted by Crippen LogP contribution is -1.82. The molecule has 0 unspecified atom stereocenters. The molecule has 1 aromatic heterocycles. The Hall–Kier alpha value is -1.89. The van der Waals surface area contributed by atoms with Crippen LogP contribution in [-0.4, -0.2) is 4.98 Å². The van der Waals surface area contributed by atoms with Gasteiger partial charge in [-0.25, -0.2) is 0 Å². The summed E-state index contributed by atoms with van der Waals surface area (Å²) in [6.45, 7) is 2.11. The summed E-state index contributed by atoms with van der Waals surface area (Å²) in [5, 5.41) is 3.73. The first-order valence-electron chi connectivity index (χ1n) is 5.09. The van der Waals surface area contributed by atoms with Gasteiger partial charge in [-0.05, 0) is 24.4 Å². The lowest BCUT2D eigenvalue weighted by atomic mass is 10.1. The van der Waals surface area contributed by atoms with Gasteiger partial charge in [0.15, 0.2) is 0 Å². The van der Waals surface area contributed by atoms with E-state index in [0.29, 0.717) is 0 Å². The van der Waals surface area contributed by atoms with Crippen molar-refractivity contribution in [2.75, 3.05) is 0 Å². The molecule has 0 spiro atoms. The van der Waals surface area contributed by atoms with Crippen LogP contribution in [0.4, 0.5) is 0 Å². The summed E-state index contributed by atoms with van der Waals surface area (Å²) in [6, 6.07) is 14.8. The van der Waals surface area contributed by atoms with Gasteiger partial charge in [0, 0.05) is 17.0 Å². The smallest absolute Gasteiger partial charge is 0.0708 e. The molecular weight excluding hydrogens is 182 g/mol. The van der Waals surface area contributed by atoms with Gasteiger partial charge < -0.3 is 0 Å². The zero-order valence-corrected chi connectivity index (χ0v) is 8.57. The molecule has 3 aromatic rings. The fourth-order valence-electron chi connectivity index (χ4n) is 1.97. The second-order valence-corrected chi connectivity index (χ2v) is 3.87. The van der Waals surface area contributed by atoms with Gasteiger partial charge >= 0.3 is 0 Å². The highest BCUT2D eigenvalue weighted by atomic mass is 14.6. The van der Waals surface area contributed by atoms with Crippen LogP contribution in [0.2, 0.25) is 0 Å². The molecule has 0 aliphatic heterocycles. The second kappa shape index (κ2) is 3.06. The third kappa shape index (κ3) is 1.28. The van der Waals surface area contributed by atoms with Crippen LogP contribution < -0.4 is 0 Å². The number of hydrogen-bond donors (Lipinski definition) is 0. The Balaban J connectivity index is 2.57. The zero-order valence-electron chi connectivity index (χ0n) is 8.57. The molecule has 72 valence electrons. The van der Waals surface area contributed by atoms with Crippen molar-refractivity contribution in [3.8, 4) is 0 Å². The number of aryl methyl sites for hydroxylation is 1. The Morgan fingerprint density at radius 2 is 1.80 bits per heavy atom. The molecule has 0 aliphatic carbocycles. The average molecular weight is 193 g/mol. The summed E-state index contributed by atoms with van der Waals surface area (Å²) in [5.41, 5.74) is 2.35. The summed E-state index contributed by atoms with van der Waals surface area (Å²) in [5.74, 6) is 0. The molecule has 0 saturated heterocycles. The Kier molecular flexibility index (Phi) is 1.72. The van der Waals surface area contributed by atoms with Gasteiger partial charge in [-0.3, -0.25) is 4.98 Å². The standard InChI is InChI=1S/C14H11N/c1-10-6-7-14-13(8-10)12-5-3-2-4-11(12)9-15-14/h2-9H,1H3. The Morgan fingerprint density at radius 3 is 2.73 bits per heavy atom. The van der Waals surface area contributed by atoms with Crippen molar-refractivity contribution in [3.05, 3.63) is 54.2 Å². The molecule has 0 amide bonds. The summed E-state index contributed by atoms with van der Waals surface area (Å²) in [7, 11) is 0. The molecule has 0 bridgehead atoms. The van der Waals surface area contributed by atoms with E-state index in [1.807, 2.05) is 12.3 Å². The Labute approximate surface area is 88.4 Å². The normalized spacial score (nSPS) is 11.0. The highest BCUT2D eigenvalue weighted by molar-refractivity contribution is 6.05. The number of fused-ring (bicyclic) bond motifs is 3. The van der Waals surface area contributed by atoms with E-state index in [0.717, 1.165) is 5.52 Å². The van der Waals surface area contributed by atoms with Gasteiger partial charge in [0.2, 0.25) is 0 Å². The van der Waals surface area contributed by atoms with Crippen LogP contribution in [-0.2, 0) is 0 Å². The largest absolute Gasteiger partial charge is 0.256 e. The first-order chi connectivity index (χ1) is 7.34. The van der Waals surface area contributed by atoms with Crippen molar-refractivity contribution in [1.29, 1.82) is 0 Å². The molecule has 0 atom stereocenters. The number of aromatic nitrogens is 1. The summed E-state index contributed by atoms with van der Waals surface area (Å²) < 4.78 is 0. The number of benzene rings is 2. The Bertz CT molecular complexity index is 641. The maximum Gasteiger partial charge on any atom is 0.0708 e. The van der Waals surface area contributed by atoms with Crippen molar-refractivity contribution in [3.63, 3.8) is 0 Å².